The molecule has 0 radical (unpaired) electrons. The largest absolute Gasteiger partial charge is 0.444 e. The summed E-state index contributed by atoms with van der Waals surface area (Å²) in [6.45, 7) is 6.79. The smallest absolute Gasteiger partial charge is 0.407 e. The molecule has 2 aromatic carbocycles. The molecule has 10 nitrogen and oxygen atoms in total. The third-order valence-electron chi connectivity index (χ3n) is 4.78. The maximum Gasteiger partial charge on any atom is 0.407 e. The maximum absolute atomic E-state index is 11.7. The van der Waals surface area contributed by atoms with Crippen molar-refractivity contribution in [2.75, 3.05) is 32.1 Å². The van der Waals surface area contributed by atoms with Crippen molar-refractivity contribution in [3.63, 3.8) is 0 Å². The number of hydrogen-bond acceptors (Lipinski definition) is 7. The van der Waals surface area contributed by atoms with E-state index < -0.39 is 31.7 Å². The van der Waals surface area contributed by atoms with Gasteiger partial charge in [-0.15, -0.1) is 0 Å². The van der Waals surface area contributed by atoms with Gasteiger partial charge in [0.15, 0.2) is 0 Å². The van der Waals surface area contributed by atoms with Gasteiger partial charge in [0, 0.05) is 23.2 Å². The van der Waals surface area contributed by atoms with Crippen LogP contribution >= 0.6 is 15.9 Å². The summed E-state index contributed by atoms with van der Waals surface area (Å²) in [6, 6.07) is 13.1. The maximum atomic E-state index is 11.7. The molecule has 0 saturated carbocycles. The van der Waals surface area contributed by atoms with Crippen LogP contribution in [0.3, 0.4) is 0 Å². The predicted molar refractivity (Wildman–Crippen MR) is 138 cm³/mol. The van der Waals surface area contributed by atoms with Gasteiger partial charge in [0.2, 0.25) is 20.0 Å². The number of sulfonamides is 2. The zero-order valence-electron chi connectivity index (χ0n) is 20.2. The molecule has 1 saturated heterocycles. The summed E-state index contributed by atoms with van der Waals surface area (Å²) < 4.78 is 56.3. The van der Waals surface area contributed by atoms with Gasteiger partial charge in [-0.2, -0.15) is 0 Å². The Morgan fingerprint density at radius 1 is 0.886 bits per heavy atom. The van der Waals surface area contributed by atoms with E-state index in [9.17, 15) is 21.6 Å². The number of carbonyl (C=O) groups is 1. The minimum Gasteiger partial charge on any atom is -0.444 e. The third kappa shape index (κ3) is 8.76. The number of nitrogens with zero attached hydrogens (tertiary/aromatic N) is 1. The Morgan fingerprint density at radius 3 is 1.71 bits per heavy atom. The lowest BCUT2D eigenvalue weighted by Crippen LogP contribution is -2.60. The highest BCUT2D eigenvalue weighted by molar-refractivity contribution is 9.10. The Balaban J connectivity index is 0.000000303. The van der Waals surface area contributed by atoms with Crippen molar-refractivity contribution in [2.24, 2.45) is 0 Å². The zero-order valence-corrected chi connectivity index (χ0v) is 23.4. The molecule has 2 aromatic rings. The lowest BCUT2D eigenvalue weighted by molar-refractivity contribution is 0.0496. The SMILES string of the molecule is CNS(=O)(=O)c1ccc(Br)cc1.CNS(=O)(=O)c1ccc(N2CC(NC(=O)OC(C)(C)C)C2)cc1. The molecule has 0 aliphatic carbocycles. The van der Waals surface area contributed by atoms with E-state index in [1.165, 1.54) is 26.2 Å². The van der Waals surface area contributed by atoms with E-state index in [0.29, 0.717) is 13.1 Å². The number of halogens is 1. The monoisotopic (exact) mass is 590 g/mol. The van der Waals surface area contributed by atoms with Gasteiger partial charge in [-0.05, 0) is 83.4 Å². The highest BCUT2D eigenvalue weighted by Gasteiger charge is 2.30. The van der Waals surface area contributed by atoms with E-state index >= 15 is 0 Å². The standard InChI is InChI=1S/C15H23N3O4S.C7H8BrNO2S/c1-15(2,3)22-14(19)17-11-9-18(10-11)12-5-7-13(8-6-12)23(20,21)16-4;1-9-12(10,11)7-4-2-6(8)3-5-7/h5-8,11,16H,9-10H2,1-4H3,(H,17,19);2-5,9H,1H3. The van der Waals surface area contributed by atoms with E-state index in [1.54, 1.807) is 36.4 Å². The van der Waals surface area contributed by atoms with Crippen molar-refractivity contribution in [1.29, 1.82) is 0 Å². The molecule has 1 amide bonds. The quantitative estimate of drug-likeness (QED) is 0.471. The summed E-state index contributed by atoms with van der Waals surface area (Å²) in [4.78, 5) is 14.2. The molecular formula is C22H31BrN4O6S2. The van der Waals surface area contributed by atoms with Gasteiger partial charge in [-0.25, -0.2) is 31.1 Å². The van der Waals surface area contributed by atoms with Crippen LogP contribution in [-0.2, 0) is 24.8 Å². The fraction of sp³-hybridized carbons (Fsp3) is 0.409. The molecule has 1 fully saturated rings. The molecular weight excluding hydrogens is 560 g/mol. The van der Waals surface area contributed by atoms with E-state index in [2.05, 4.69) is 35.6 Å². The van der Waals surface area contributed by atoms with Crippen molar-refractivity contribution in [2.45, 2.75) is 42.2 Å². The minimum atomic E-state index is -3.42. The molecule has 0 bridgehead atoms. The van der Waals surface area contributed by atoms with Crippen LogP contribution in [0.25, 0.3) is 0 Å². The van der Waals surface area contributed by atoms with Gasteiger partial charge >= 0.3 is 6.09 Å². The predicted octanol–water partition coefficient (Wildman–Crippen LogP) is 2.67. The Bertz CT molecular complexity index is 1210. The second-order valence-electron chi connectivity index (χ2n) is 8.61. The lowest BCUT2D eigenvalue weighted by Gasteiger charge is -2.41. The molecule has 35 heavy (non-hydrogen) atoms. The normalized spacial score (nSPS) is 14.4. The Labute approximate surface area is 215 Å². The van der Waals surface area contributed by atoms with Gasteiger partial charge in [-0.3, -0.25) is 0 Å². The zero-order chi connectivity index (χ0) is 26.4. The third-order valence-corrected chi connectivity index (χ3v) is 8.17. The first kappa shape index (κ1) is 29.0. The van der Waals surface area contributed by atoms with Gasteiger partial charge in [0.25, 0.3) is 0 Å². The van der Waals surface area contributed by atoms with Crippen molar-refractivity contribution in [3.8, 4) is 0 Å². The summed E-state index contributed by atoms with van der Waals surface area (Å²) in [5.41, 5.74) is 0.407. The molecule has 0 atom stereocenters. The first-order chi connectivity index (χ1) is 16.2. The van der Waals surface area contributed by atoms with Crippen molar-refractivity contribution in [3.05, 3.63) is 53.0 Å². The van der Waals surface area contributed by atoms with E-state index in [1.807, 2.05) is 20.8 Å². The first-order valence-corrected chi connectivity index (χ1v) is 14.4. The van der Waals surface area contributed by atoms with Crippen LogP contribution in [0.2, 0.25) is 0 Å². The van der Waals surface area contributed by atoms with Crippen molar-refractivity contribution < 1.29 is 26.4 Å². The van der Waals surface area contributed by atoms with Crippen molar-refractivity contribution in [1.82, 2.24) is 14.8 Å². The number of amides is 1. The fourth-order valence-corrected chi connectivity index (χ4v) is 4.66. The van der Waals surface area contributed by atoms with Crippen LogP contribution in [0.15, 0.2) is 62.8 Å². The number of hydrogen-bond donors (Lipinski definition) is 3. The number of carbonyl (C=O) groups excluding carboxylic acids is 1. The summed E-state index contributed by atoms with van der Waals surface area (Å²) in [5, 5.41) is 2.81. The number of alkyl carbamates (subject to hydrolysis) is 1. The van der Waals surface area contributed by atoms with Crippen LogP contribution in [0, 0.1) is 0 Å². The molecule has 194 valence electrons. The molecule has 1 aliphatic heterocycles. The number of ether oxygens (including phenoxy) is 1. The molecule has 1 aliphatic rings. The highest BCUT2D eigenvalue weighted by Crippen LogP contribution is 2.23. The second-order valence-corrected chi connectivity index (χ2v) is 13.3. The number of benzene rings is 2. The molecule has 1 heterocycles. The van der Waals surface area contributed by atoms with Crippen LogP contribution in [0.4, 0.5) is 10.5 Å². The number of anilines is 1. The molecule has 0 unspecified atom stereocenters. The molecule has 0 spiro atoms. The summed E-state index contributed by atoms with van der Waals surface area (Å²) in [5.74, 6) is 0. The van der Waals surface area contributed by atoms with Gasteiger partial charge in [0.05, 0.1) is 15.8 Å². The topological polar surface area (TPSA) is 134 Å². The second kappa shape index (κ2) is 11.7. The summed E-state index contributed by atoms with van der Waals surface area (Å²) >= 11 is 3.22. The summed E-state index contributed by atoms with van der Waals surface area (Å²) in [7, 11) is -3.93. The highest BCUT2D eigenvalue weighted by atomic mass is 79.9. The lowest BCUT2D eigenvalue weighted by atomic mass is 10.1. The van der Waals surface area contributed by atoms with Gasteiger partial charge in [-0.1, -0.05) is 15.9 Å². The average Bonchev–Trinajstić information content (AvgIpc) is 2.75. The van der Waals surface area contributed by atoms with Crippen LogP contribution in [0.1, 0.15) is 20.8 Å². The molecule has 0 aromatic heterocycles. The van der Waals surface area contributed by atoms with Crippen molar-refractivity contribution >= 4 is 47.8 Å². The van der Waals surface area contributed by atoms with E-state index in [0.717, 1.165) is 10.2 Å². The van der Waals surface area contributed by atoms with Crippen LogP contribution in [0.5, 0.6) is 0 Å². The Kier molecular flexibility index (Phi) is 9.71. The minimum absolute atomic E-state index is 0.0329. The first-order valence-electron chi connectivity index (χ1n) is 10.6. The van der Waals surface area contributed by atoms with Crippen LogP contribution in [-0.4, -0.2) is 61.8 Å². The van der Waals surface area contributed by atoms with Crippen LogP contribution < -0.4 is 19.7 Å². The number of nitrogens with one attached hydrogen (secondary N) is 3. The molecule has 3 N–H and O–H groups in total. The van der Waals surface area contributed by atoms with Gasteiger partial charge in [0.1, 0.15) is 5.60 Å². The molecule has 3 rings (SSSR count). The average molecular weight is 592 g/mol. The Morgan fingerprint density at radius 2 is 1.31 bits per heavy atom. The van der Waals surface area contributed by atoms with Gasteiger partial charge < -0.3 is 15.0 Å². The Hall–Kier alpha value is -2.19. The fourth-order valence-electron chi connectivity index (χ4n) is 2.94. The number of rotatable bonds is 6. The van der Waals surface area contributed by atoms with E-state index in [-0.39, 0.29) is 15.8 Å². The summed E-state index contributed by atoms with van der Waals surface area (Å²) in [6.07, 6.45) is -0.419. The molecule has 13 heteroatoms. The van der Waals surface area contributed by atoms with E-state index in [4.69, 9.17) is 4.74 Å².